The zero-order chi connectivity index (χ0) is 32.6. The van der Waals surface area contributed by atoms with Gasteiger partial charge in [0.1, 0.15) is 5.75 Å². The number of aliphatic imine (C=N–C) groups is 1. The summed E-state index contributed by atoms with van der Waals surface area (Å²) >= 11 is 0. The lowest BCUT2D eigenvalue weighted by molar-refractivity contribution is -0.138. The molecule has 0 aliphatic carbocycles. The Morgan fingerprint density at radius 1 is 1.00 bits per heavy atom. The molecule has 1 amide bonds. The van der Waals surface area contributed by atoms with Crippen LogP contribution in [0.2, 0.25) is 0 Å². The number of amides is 1. The van der Waals surface area contributed by atoms with Gasteiger partial charge in [-0.3, -0.25) is 4.79 Å². The van der Waals surface area contributed by atoms with E-state index in [-0.39, 0.29) is 30.2 Å². The number of azide groups is 1. The van der Waals surface area contributed by atoms with Gasteiger partial charge in [0, 0.05) is 47.7 Å². The van der Waals surface area contributed by atoms with Crippen LogP contribution in [-0.2, 0) is 28.7 Å². The summed E-state index contributed by atoms with van der Waals surface area (Å²) in [6.45, 7) is -0.0985. The minimum absolute atomic E-state index is 0.00517. The third-order valence-electron chi connectivity index (χ3n) is 7.48. The highest BCUT2D eigenvalue weighted by molar-refractivity contribution is 6.01. The van der Waals surface area contributed by atoms with Crippen LogP contribution in [0.3, 0.4) is 0 Å². The Morgan fingerprint density at radius 3 is 2.41 bits per heavy atom. The van der Waals surface area contributed by atoms with Gasteiger partial charge in [-0.25, -0.2) is 4.99 Å². The number of carbonyl (C=O) groups excluding carboxylic acids is 1. The van der Waals surface area contributed by atoms with Gasteiger partial charge in [0.2, 0.25) is 5.90 Å². The van der Waals surface area contributed by atoms with Crippen molar-refractivity contribution in [1.82, 2.24) is 5.32 Å². The maximum atomic E-state index is 14.4. The summed E-state index contributed by atoms with van der Waals surface area (Å²) < 4.78 is 53.4. The van der Waals surface area contributed by atoms with Gasteiger partial charge in [-0.15, -0.1) is 0 Å². The average molecular weight is 630 g/mol. The van der Waals surface area contributed by atoms with E-state index in [4.69, 9.17) is 19.6 Å². The molecule has 9 nitrogen and oxygen atoms in total. The van der Waals surface area contributed by atoms with Gasteiger partial charge < -0.3 is 19.9 Å². The lowest BCUT2D eigenvalue weighted by atomic mass is 9.81. The molecule has 0 fully saturated rings. The highest BCUT2D eigenvalue weighted by Gasteiger charge is 2.54. The molecule has 0 aromatic heterocycles. The number of hydrogen-bond donors (Lipinski definition) is 2. The number of aliphatic hydroxyl groups is 1. The van der Waals surface area contributed by atoms with Crippen molar-refractivity contribution in [2.45, 2.75) is 37.2 Å². The molecule has 0 saturated carbocycles. The van der Waals surface area contributed by atoms with E-state index in [9.17, 15) is 23.5 Å². The smallest absolute Gasteiger partial charge is 0.416 e. The Labute approximate surface area is 263 Å². The Morgan fingerprint density at radius 2 is 1.70 bits per heavy atom. The molecule has 0 unspecified atom stereocenters. The van der Waals surface area contributed by atoms with Crippen molar-refractivity contribution in [3.63, 3.8) is 0 Å². The molecule has 5 rings (SSSR count). The highest BCUT2D eigenvalue weighted by Crippen LogP contribution is 2.45. The van der Waals surface area contributed by atoms with Crippen molar-refractivity contribution in [2.75, 3.05) is 13.2 Å². The van der Waals surface area contributed by atoms with E-state index in [0.717, 1.165) is 11.6 Å². The maximum absolute atomic E-state index is 14.4. The largest absolute Gasteiger partial charge is 0.494 e. The van der Waals surface area contributed by atoms with E-state index in [1.54, 1.807) is 60.7 Å². The maximum Gasteiger partial charge on any atom is 0.416 e. The van der Waals surface area contributed by atoms with Crippen molar-refractivity contribution in [3.8, 4) is 5.75 Å². The van der Waals surface area contributed by atoms with Gasteiger partial charge in [0.25, 0.3) is 5.91 Å². The predicted molar refractivity (Wildman–Crippen MR) is 165 cm³/mol. The summed E-state index contributed by atoms with van der Waals surface area (Å²) in [5.41, 5.74) is 8.44. The molecular formula is C34H30F3N5O4. The van der Waals surface area contributed by atoms with Crippen LogP contribution in [0.1, 0.15) is 40.3 Å². The first-order chi connectivity index (χ1) is 22.2. The van der Waals surface area contributed by atoms with Gasteiger partial charge in [0.15, 0.2) is 11.6 Å². The normalized spacial score (nSPS) is 17.4. The van der Waals surface area contributed by atoms with Crippen LogP contribution < -0.4 is 10.1 Å². The molecule has 12 heteroatoms. The lowest BCUT2D eigenvalue weighted by Crippen LogP contribution is -2.49. The van der Waals surface area contributed by atoms with Crippen molar-refractivity contribution >= 4 is 17.5 Å². The van der Waals surface area contributed by atoms with E-state index in [0.29, 0.717) is 29.9 Å². The SMILES string of the molecule is [N-]=[N+]=Nc1ccccc1[C@H]1OC(c2ccc(OCCCO)cc2)=N[C@@]1(Cc1ccccc1)C(=O)NCc1ccccc1C(F)(F)F. The number of nitrogens with zero attached hydrogens (tertiary/aromatic N) is 4. The Bertz CT molecular complexity index is 1740. The first-order valence-corrected chi connectivity index (χ1v) is 14.5. The molecule has 236 valence electrons. The van der Waals surface area contributed by atoms with Crippen LogP contribution in [0.4, 0.5) is 18.9 Å². The number of nitrogens with one attached hydrogen (secondary N) is 1. The predicted octanol–water partition coefficient (Wildman–Crippen LogP) is 7.22. The minimum Gasteiger partial charge on any atom is -0.494 e. The molecule has 1 heterocycles. The summed E-state index contributed by atoms with van der Waals surface area (Å²) in [4.78, 5) is 22.2. The Balaban J connectivity index is 1.60. The molecule has 4 aromatic carbocycles. The van der Waals surface area contributed by atoms with E-state index in [2.05, 4.69) is 15.3 Å². The molecule has 0 radical (unpaired) electrons. The summed E-state index contributed by atoms with van der Waals surface area (Å²) in [5.74, 6) is -0.00452. The fraction of sp³-hybridized carbons (Fsp3) is 0.235. The van der Waals surface area contributed by atoms with E-state index < -0.39 is 35.8 Å². The summed E-state index contributed by atoms with van der Waals surface area (Å²) in [7, 11) is 0. The molecule has 1 aliphatic rings. The number of halogens is 3. The number of rotatable bonds is 12. The van der Waals surface area contributed by atoms with E-state index in [1.807, 2.05) is 18.2 Å². The van der Waals surface area contributed by atoms with Crippen LogP contribution in [-0.4, -0.2) is 35.7 Å². The first-order valence-electron chi connectivity index (χ1n) is 14.5. The highest BCUT2D eigenvalue weighted by atomic mass is 19.4. The monoisotopic (exact) mass is 629 g/mol. The zero-order valence-corrected chi connectivity index (χ0v) is 24.5. The number of benzene rings is 4. The average Bonchev–Trinajstić information content (AvgIpc) is 3.44. The number of alkyl halides is 3. The second kappa shape index (κ2) is 14.2. The third kappa shape index (κ3) is 7.14. The van der Waals surface area contributed by atoms with Crippen LogP contribution in [0.15, 0.2) is 113 Å². The number of carbonyl (C=O) groups is 1. The number of hydrogen-bond acceptors (Lipinski definition) is 6. The fourth-order valence-corrected chi connectivity index (χ4v) is 5.29. The standard InChI is InChI=1S/C34H30F3N5O4/c35-34(36,37)28-13-6-4-11-25(28)22-39-32(44)33(21-23-9-2-1-3-10-23)30(27-12-5-7-14-29(27)41-42-38)46-31(40-33)24-15-17-26(18-16-24)45-20-8-19-43/h1-7,9-18,30,43H,8,19-22H2,(H,39,44)/t30-,33-/m1/s1. The second-order valence-corrected chi connectivity index (χ2v) is 10.5. The van der Waals surface area contributed by atoms with Gasteiger partial charge in [-0.2, -0.15) is 13.2 Å². The molecule has 0 bridgehead atoms. The van der Waals surface area contributed by atoms with Crippen molar-refractivity contribution in [1.29, 1.82) is 0 Å². The first kappa shape index (κ1) is 32.1. The summed E-state index contributed by atoms with van der Waals surface area (Å²) in [6, 6.07) is 27.5. The second-order valence-electron chi connectivity index (χ2n) is 10.5. The molecular weight excluding hydrogens is 599 g/mol. The molecule has 0 saturated heterocycles. The van der Waals surface area contributed by atoms with E-state index >= 15 is 0 Å². The van der Waals surface area contributed by atoms with Gasteiger partial charge in [0.05, 0.1) is 12.2 Å². The molecule has 1 aliphatic heterocycles. The molecule has 4 aromatic rings. The van der Waals surface area contributed by atoms with E-state index in [1.165, 1.54) is 18.2 Å². The topological polar surface area (TPSA) is 129 Å². The Kier molecular flexibility index (Phi) is 9.90. The Hall–Kier alpha value is -5.32. The quantitative estimate of drug-likeness (QED) is 0.0742. The molecule has 2 N–H and O–H groups in total. The molecule has 2 atom stereocenters. The molecule has 46 heavy (non-hydrogen) atoms. The lowest BCUT2D eigenvalue weighted by Gasteiger charge is -2.31. The van der Waals surface area contributed by atoms with Crippen LogP contribution in [0.25, 0.3) is 10.4 Å². The van der Waals surface area contributed by atoms with Crippen LogP contribution >= 0.6 is 0 Å². The van der Waals surface area contributed by atoms with Crippen molar-refractivity contribution < 1.29 is 32.5 Å². The van der Waals surface area contributed by atoms with Gasteiger partial charge in [-0.1, -0.05) is 77.9 Å². The fourth-order valence-electron chi connectivity index (χ4n) is 5.29. The molecule has 0 spiro atoms. The van der Waals surface area contributed by atoms with Crippen molar-refractivity contribution in [3.05, 3.63) is 141 Å². The summed E-state index contributed by atoms with van der Waals surface area (Å²) in [6.07, 6.45) is -5.26. The van der Waals surface area contributed by atoms with Gasteiger partial charge >= 0.3 is 6.18 Å². The van der Waals surface area contributed by atoms with Crippen LogP contribution in [0, 0.1) is 0 Å². The zero-order valence-electron chi connectivity index (χ0n) is 24.5. The minimum atomic E-state index is -4.62. The van der Waals surface area contributed by atoms with Crippen LogP contribution in [0.5, 0.6) is 5.75 Å². The van der Waals surface area contributed by atoms with Crippen molar-refractivity contribution in [2.24, 2.45) is 10.1 Å². The number of aliphatic hydroxyl groups excluding tert-OH is 1. The number of ether oxygens (including phenoxy) is 2. The summed E-state index contributed by atoms with van der Waals surface area (Å²) in [5, 5.41) is 15.6. The third-order valence-corrected chi connectivity index (χ3v) is 7.48. The van der Waals surface area contributed by atoms with Gasteiger partial charge in [-0.05, 0) is 47.0 Å².